The topological polar surface area (TPSA) is 70.4 Å². The molecule has 2 atom stereocenters. The maximum absolute atomic E-state index is 11.8. The van der Waals surface area contributed by atoms with Crippen LogP contribution in [0.15, 0.2) is 10.6 Å². The average Bonchev–Trinajstić information content (AvgIpc) is 2.61. The average molecular weight is 289 g/mol. The summed E-state index contributed by atoms with van der Waals surface area (Å²) in [6.07, 6.45) is 0. The van der Waals surface area contributed by atoms with E-state index in [1.165, 1.54) is 0 Å². The zero-order valence-electron chi connectivity index (χ0n) is 11.5. The van der Waals surface area contributed by atoms with Crippen LogP contribution in [0.3, 0.4) is 0 Å². The molecule has 2 rings (SSSR count). The first-order valence-electron chi connectivity index (χ1n) is 6.24. The number of nitrogens with zero attached hydrogens (tertiary/aromatic N) is 2. The minimum absolute atomic E-state index is 0. The van der Waals surface area contributed by atoms with Crippen LogP contribution in [0.25, 0.3) is 0 Å². The molecule has 19 heavy (non-hydrogen) atoms. The van der Waals surface area contributed by atoms with Crippen molar-refractivity contribution in [2.45, 2.75) is 32.9 Å². The monoisotopic (exact) mass is 288 g/mol. The Kier molecular flexibility index (Phi) is 5.78. The van der Waals surface area contributed by atoms with Crippen molar-refractivity contribution in [3.63, 3.8) is 0 Å². The van der Waals surface area contributed by atoms with Crippen LogP contribution in [0.4, 0.5) is 5.82 Å². The molecule has 2 heterocycles. The molecule has 1 fully saturated rings. The number of halogens is 1. The smallest absolute Gasteiger partial charge is 0.239 e. The lowest BCUT2D eigenvalue weighted by molar-refractivity contribution is -0.117. The molecular formula is C12H21ClN4O2. The molecule has 6 nitrogen and oxygen atoms in total. The molecular weight excluding hydrogens is 268 g/mol. The van der Waals surface area contributed by atoms with Gasteiger partial charge in [-0.25, -0.2) is 0 Å². The van der Waals surface area contributed by atoms with E-state index in [-0.39, 0.29) is 18.3 Å². The minimum Gasteiger partial charge on any atom is -0.360 e. The van der Waals surface area contributed by atoms with Gasteiger partial charge in [0.25, 0.3) is 0 Å². The Morgan fingerprint density at radius 2 is 2.16 bits per heavy atom. The van der Waals surface area contributed by atoms with Gasteiger partial charge in [0.2, 0.25) is 5.91 Å². The molecule has 0 spiro atoms. The van der Waals surface area contributed by atoms with Gasteiger partial charge in [-0.05, 0) is 20.8 Å². The molecule has 0 radical (unpaired) electrons. The van der Waals surface area contributed by atoms with Gasteiger partial charge in [-0.15, -0.1) is 12.4 Å². The third kappa shape index (κ3) is 4.81. The fourth-order valence-corrected chi connectivity index (χ4v) is 2.38. The molecule has 0 aromatic carbocycles. The van der Waals surface area contributed by atoms with Gasteiger partial charge in [-0.3, -0.25) is 9.69 Å². The summed E-state index contributed by atoms with van der Waals surface area (Å²) < 4.78 is 4.90. The first-order chi connectivity index (χ1) is 8.52. The third-order valence-electron chi connectivity index (χ3n) is 2.90. The minimum atomic E-state index is -0.0513. The first-order valence-corrected chi connectivity index (χ1v) is 6.24. The Hall–Kier alpha value is -1.11. The Labute approximate surface area is 119 Å². The number of carbonyl (C=O) groups excluding carboxylic acids is 1. The third-order valence-corrected chi connectivity index (χ3v) is 2.90. The van der Waals surface area contributed by atoms with Crippen molar-refractivity contribution in [1.82, 2.24) is 15.4 Å². The number of piperazine rings is 1. The quantitative estimate of drug-likeness (QED) is 0.869. The van der Waals surface area contributed by atoms with E-state index in [1.807, 2.05) is 0 Å². The van der Waals surface area contributed by atoms with Gasteiger partial charge in [0, 0.05) is 31.2 Å². The van der Waals surface area contributed by atoms with Crippen LogP contribution < -0.4 is 10.6 Å². The van der Waals surface area contributed by atoms with Gasteiger partial charge in [-0.1, -0.05) is 5.16 Å². The summed E-state index contributed by atoms with van der Waals surface area (Å²) in [6, 6.07) is 2.53. The van der Waals surface area contributed by atoms with Crippen molar-refractivity contribution in [2.24, 2.45) is 0 Å². The largest absolute Gasteiger partial charge is 0.360 e. The highest BCUT2D eigenvalue weighted by molar-refractivity contribution is 5.91. The van der Waals surface area contributed by atoms with Gasteiger partial charge >= 0.3 is 0 Å². The normalized spacial score (nSPS) is 23.7. The van der Waals surface area contributed by atoms with Gasteiger partial charge in [-0.2, -0.15) is 0 Å². The predicted molar refractivity (Wildman–Crippen MR) is 75.6 cm³/mol. The van der Waals surface area contributed by atoms with Crippen molar-refractivity contribution in [3.05, 3.63) is 11.8 Å². The lowest BCUT2D eigenvalue weighted by atomic mass is 10.1. The fraction of sp³-hybridized carbons (Fsp3) is 0.667. The summed E-state index contributed by atoms with van der Waals surface area (Å²) in [7, 11) is 0. The van der Waals surface area contributed by atoms with Gasteiger partial charge in [0.05, 0.1) is 6.54 Å². The molecule has 7 heteroatoms. The summed E-state index contributed by atoms with van der Waals surface area (Å²) in [4.78, 5) is 14.0. The molecule has 1 aliphatic rings. The SMILES string of the molecule is Cc1cc(NC(=O)CN2CC(C)NC(C)C2)no1.Cl. The molecule has 0 saturated carbocycles. The van der Waals surface area contributed by atoms with Crippen LogP contribution in [-0.4, -0.2) is 47.7 Å². The number of aromatic nitrogens is 1. The Bertz CT molecular complexity index is 414. The Morgan fingerprint density at radius 1 is 1.53 bits per heavy atom. The molecule has 0 bridgehead atoms. The molecule has 1 aromatic rings. The van der Waals surface area contributed by atoms with E-state index in [0.717, 1.165) is 13.1 Å². The lowest BCUT2D eigenvalue weighted by Crippen LogP contribution is -2.55. The number of rotatable bonds is 3. The fourth-order valence-electron chi connectivity index (χ4n) is 2.38. The summed E-state index contributed by atoms with van der Waals surface area (Å²) in [6.45, 7) is 8.21. The second-order valence-electron chi connectivity index (χ2n) is 5.03. The second kappa shape index (κ2) is 6.88. The number of anilines is 1. The molecule has 1 aromatic heterocycles. The van der Waals surface area contributed by atoms with Crippen LogP contribution >= 0.6 is 12.4 Å². The number of hydrogen-bond donors (Lipinski definition) is 2. The number of nitrogens with one attached hydrogen (secondary N) is 2. The predicted octanol–water partition coefficient (Wildman–Crippen LogP) is 1.03. The molecule has 2 N–H and O–H groups in total. The number of carbonyl (C=O) groups is 1. The van der Waals surface area contributed by atoms with Crippen LogP contribution in [0.2, 0.25) is 0 Å². The summed E-state index contributed by atoms with van der Waals surface area (Å²) in [5.41, 5.74) is 0. The number of aryl methyl sites for hydroxylation is 1. The zero-order valence-corrected chi connectivity index (χ0v) is 12.3. The van der Waals surface area contributed by atoms with Crippen LogP contribution in [0, 0.1) is 6.92 Å². The second-order valence-corrected chi connectivity index (χ2v) is 5.03. The molecule has 2 unspecified atom stereocenters. The van der Waals surface area contributed by atoms with E-state index in [4.69, 9.17) is 4.52 Å². The van der Waals surface area contributed by atoms with Crippen LogP contribution in [0.5, 0.6) is 0 Å². The number of hydrogen-bond acceptors (Lipinski definition) is 5. The summed E-state index contributed by atoms with van der Waals surface area (Å²) in [5, 5.41) is 9.91. The Morgan fingerprint density at radius 3 is 2.68 bits per heavy atom. The van der Waals surface area contributed by atoms with Crippen molar-refractivity contribution < 1.29 is 9.32 Å². The maximum Gasteiger partial charge on any atom is 0.239 e. The van der Waals surface area contributed by atoms with E-state index < -0.39 is 0 Å². The first kappa shape index (κ1) is 15.9. The maximum atomic E-state index is 11.8. The van der Waals surface area contributed by atoms with E-state index in [1.54, 1.807) is 13.0 Å². The molecule has 1 saturated heterocycles. The van der Waals surface area contributed by atoms with Gasteiger partial charge < -0.3 is 15.2 Å². The lowest BCUT2D eigenvalue weighted by Gasteiger charge is -2.35. The highest BCUT2D eigenvalue weighted by Crippen LogP contribution is 2.08. The highest BCUT2D eigenvalue weighted by atomic mass is 35.5. The number of amides is 1. The van der Waals surface area contributed by atoms with Gasteiger partial charge in [0.15, 0.2) is 5.82 Å². The van der Waals surface area contributed by atoms with E-state index in [0.29, 0.717) is 30.2 Å². The highest BCUT2D eigenvalue weighted by Gasteiger charge is 2.22. The Balaban J connectivity index is 0.00000180. The van der Waals surface area contributed by atoms with Crippen molar-refractivity contribution >= 4 is 24.1 Å². The van der Waals surface area contributed by atoms with Crippen molar-refractivity contribution in [2.75, 3.05) is 25.0 Å². The van der Waals surface area contributed by atoms with E-state index in [9.17, 15) is 4.79 Å². The zero-order chi connectivity index (χ0) is 13.1. The van der Waals surface area contributed by atoms with E-state index >= 15 is 0 Å². The molecule has 0 aliphatic carbocycles. The summed E-state index contributed by atoms with van der Waals surface area (Å²) >= 11 is 0. The van der Waals surface area contributed by atoms with E-state index in [2.05, 4.69) is 34.5 Å². The summed E-state index contributed by atoms with van der Waals surface area (Å²) in [5.74, 6) is 1.12. The van der Waals surface area contributed by atoms with Crippen LogP contribution in [-0.2, 0) is 4.79 Å². The van der Waals surface area contributed by atoms with Crippen LogP contribution in [0.1, 0.15) is 19.6 Å². The molecule has 108 valence electrons. The van der Waals surface area contributed by atoms with Gasteiger partial charge in [0.1, 0.15) is 5.76 Å². The molecule has 1 aliphatic heterocycles. The van der Waals surface area contributed by atoms with Crippen molar-refractivity contribution in [3.8, 4) is 0 Å². The van der Waals surface area contributed by atoms with Crippen molar-refractivity contribution in [1.29, 1.82) is 0 Å². The standard InChI is InChI=1S/C12H20N4O2.ClH/c1-8-5-16(6-9(2)13-8)7-12(17)14-11-4-10(3)18-15-11;/h4,8-9,13H,5-7H2,1-3H3,(H,14,15,17);1H. The molecule has 1 amide bonds.